The van der Waals surface area contributed by atoms with Gasteiger partial charge >= 0.3 is 0 Å². The fraction of sp³-hybridized carbons (Fsp3) is 0.462. The molecular formula is C13H18ClNO3. The van der Waals surface area contributed by atoms with Crippen LogP contribution >= 0.6 is 11.6 Å². The standard InChI is InChI=1S/C13H18ClNO3/c1-13(2,3)15-12(17)11(8-16)18-10-6-4-9(14)5-7-10/h4-7,11,16H,8H2,1-3H3,(H,15,17). The first-order chi connectivity index (χ1) is 8.31. The van der Waals surface area contributed by atoms with Gasteiger partial charge in [0.05, 0.1) is 6.61 Å². The highest BCUT2D eigenvalue weighted by atomic mass is 35.5. The largest absolute Gasteiger partial charge is 0.478 e. The molecule has 100 valence electrons. The van der Waals surface area contributed by atoms with Crippen LogP contribution in [0.1, 0.15) is 20.8 Å². The number of halogens is 1. The molecule has 0 aliphatic heterocycles. The minimum absolute atomic E-state index is 0.347. The van der Waals surface area contributed by atoms with Gasteiger partial charge in [0.25, 0.3) is 5.91 Å². The summed E-state index contributed by atoms with van der Waals surface area (Å²) >= 11 is 5.75. The minimum atomic E-state index is -0.926. The lowest BCUT2D eigenvalue weighted by molar-refractivity contribution is -0.131. The number of aliphatic hydroxyl groups is 1. The molecule has 4 nitrogen and oxygen atoms in total. The summed E-state index contributed by atoms with van der Waals surface area (Å²) in [4.78, 5) is 11.8. The summed E-state index contributed by atoms with van der Waals surface area (Å²) in [6, 6.07) is 6.62. The molecule has 0 aliphatic carbocycles. The molecule has 1 aromatic carbocycles. The highest BCUT2D eigenvalue weighted by molar-refractivity contribution is 6.30. The number of nitrogens with one attached hydrogen (secondary N) is 1. The molecule has 0 aliphatic rings. The van der Waals surface area contributed by atoms with Gasteiger partial charge in [-0.15, -0.1) is 0 Å². The number of carbonyl (C=O) groups excluding carboxylic acids is 1. The molecule has 0 saturated heterocycles. The zero-order valence-corrected chi connectivity index (χ0v) is 11.5. The van der Waals surface area contributed by atoms with Crippen molar-refractivity contribution in [2.24, 2.45) is 0 Å². The Labute approximate surface area is 112 Å². The Balaban J connectivity index is 2.67. The van der Waals surface area contributed by atoms with Gasteiger partial charge < -0.3 is 15.2 Å². The van der Waals surface area contributed by atoms with E-state index in [4.69, 9.17) is 16.3 Å². The highest BCUT2D eigenvalue weighted by Crippen LogP contribution is 2.17. The first-order valence-electron chi connectivity index (χ1n) is 5.67. The Kier molecular flexibility index (Phi) is 4.99. The summed E-state index contributed by atoms with van der Waals surface area (Å²) in [5.74, 6) is 0.141. The van der Waals surface area contributed by atoms with Crippen molar-refractivity contribution in [1.82, 2.24) is 5.32 Å². The minimum Gasteiger partial charge on any atom is -0.478 e. The SMILES string of the molecule is CC(C)(C)NC(=O)C(CO)Oc1ccc(Cl)cc1. The summed E-state index contributed by atoms with van der Waals surface area (Å²) in [7, 11) is 0. The average molecular weight is 272 g/mol. The quantitative estimate of drug-likeness (QED) is 0.881. The normalized spacial score (nSPS) is 12.9. The van der Waals surface area contributed by atoms with Crippen molar-refractivity contribution in [2.45, 2.75) is 32.4 Å². The Morgan fingerprint density at radius 1 is 1.39 bits per heavy atom. The Bertz CT molecular complexity index is 398. The molecule has 1 unspecified atom stereocenters. The molecule has 0 bridgehead atoms. The topological polar surface area (TPSA) is 58.6 Å². The van der Waals surface area contributed by atoms with E-state index < -0.39 is 6.10 Å². The summed E-state index contributed by atoms with van der Waals surface area (Å²) in [5.41, 5.74) is -0.367. The molecule has 2 N–H and O–H groups in total. The van der Waals surface area contributed by atoms with Crippen LogP contribution in [0.25, 0.3) is 0 Å². The Morgan fingerprint density at radius 2 is 1.94 bits per heavy atom. The predicted molar refractivity (Wildman–Crippen MR) is 70.8 cm³/mol. The van der Waals surface area contributed by atoms with E-state index in [0.717, 1.165) is 0 Å². The molecule has 0 radical (unpaired) electrons. The monoisotopic (exact) mass is 271 g/mol. The van der Waals surface area contributed by atoms with Crippen LogP contribution in [0.5, 0.6) is 5.75 Å². The summed E-state index contributed by atoms with van der Waals surface area (Å²) in [6.45, 7) is 5.20. The number of amides is 1. The van der Waals surface area contributed by atoms with Crippen LogP contribution in [0, 0.1) is 0 Å². The number of carbonyl (C=O) groups is 1. The van der Waals surface area contributed by atoms with Gasteiger partial charge in [0.15, 0.2) is 6.10 Å². The van der Waals surface area contributed by atoms with Crippen LogP contribution < -0.4 is 10.1 Å². The summed E-state index contributed by atoms with van der Waals surface area (Å²) in [5, 5.41) is 12.5. The molecule has 0 fully saturated rings. The number of ether oxygens (including phenoxy) is 1. The van der Waals surface area contributed by atoms with Gasteiger partial charge in [0.1, 0.15) is 5.75 Å². The van der Waals surface area contributed by atoms with Crippen molar-refractivity contribution in [2.75, 3.05) is 6.61 Å². The third kappa shape index (κ3) is 4.94. The zero-order valence-electron chi connectivity index (χ0n) is 10.7. The maximum Gasteiger partial charge on any atom is 0.263 e. The fourth-order valence-corrected chi connectivity index (χ4v) is 1.43. The molecule has 1 atom stereocenters. The molecule has 0 aromatic heterocycles. The van der Waals surface area contributed by atoms with Crippen LogP contribution in [0.4, 0.5) is 0 Å². The number of hydrogen-bond acceptors (Lipinski definition) is 3. The van der Waals surface area contributed by atoms with Gasteiger partial charge in [-0.2, -0.15) is 0 Å². The number of aliphatic hydroxyl groups excluding tert-OH is 1. The Morgan fingerprint density at radius 3 is 2.39 bits per heavy atom. The van der Waals surface area contributed by atoms with Crippen LogP contribution in [0.15, 0.2) is 24.3 Å². The van der Waals surface area contributed by atoms with Crippen molar-refractivity contribution >= 4 is 17.5 Å². The Hall–Kier alpha value is -1.26. The second kappa shape index (κ2) is 6.07. The molecule has 0 spiro atoms. The van der Waals surface area contributed by atoms with E-state index in [1.807, 2.05) is 20.8 Å². The molecule has 1 amide bonds. The average Bonchev–Trinajstić information content (AvgIpc) is 2.25. The molecule has 0 heterocycles. The van der Waals surface area contributed by atoms with Crippen LogP contribution in [-0.2, 0) is 4.79 Å². The van der Waals surface area contributed by atoms with Crippen molar-refractivity contribution in [1.29, 1.82) is 0 Å². The molecule has 18 heavy (non-hydrogen) atoms. The maximum absolute atomic E-state index is 11.8. The lowest BCUT2D eigenvalue weighted by Gasteiger charge is -2.24. The van der Waals surface area contributed by atoms with E-state index in [1.54, 1.807) is 24.3 Å². The lowest BCUT2D eigenvalue weighted by atomic mass is 10.1. The predicted octanol–water partition coefficient (Wildman–Crippen LogP) is 1.99. The zero-order chi connectivity index (χ0) is 13.8. The van der Waals surface area contributed by atoms with Gasteiger partial charge in [-0.1, -0.05) is 11.6 Å². The van der Waals surface area contributed by atoms with E-state index in [2.05, 4.69) is 5.32 Å². The molecule has 0 saturated carbocycles. The second-order valence-corrected chi connectivity index (χ2v) is 5.42. The van der Waals surface area contributed by atoms with E-state index in [-0.39, 0.29) is 18.1 Å². The molecular weight excluding hydrogens is 254 g/mol. The summed E-state index contributed by atoms with van der Waals surface area (Å²) < 4.78 is 5.41. The number of benzene rings is 1. The van der Waals surface area contributed by atoms with Crippen molar-refractivity contribution in [3.8, 4) is 5.75 Å². The van der Waals surface area contributed by atoms with Crippen LogP contribution in [0.3, 0.4) is 0 Å². The van der Waals surface area contributed by atoms with Gasteiger partial charge in [-0.3, -0.25) is 4.79 Å². The third-order valence-electron chi connectivity index (χ3n) is 2.05. The highest BCUT2D eigenvalue weighted by Gasteiger charge is 2.23. The van der Waals surface area contributed by atoms with E-state index in [9.17, 15) is 9.90 Å². The van der Waals surface area contributed by atoms with Crippen LogP contribution in [0.2, 0.25) is 5.02 Å². The lowest BCUT2D eigenvalue weighted by Crippen LogP contribution is -2.49. The van der Waals surface area contributed by atoms with Gasteiger partial charge in [0.2, 0.25) is 0 Å². The van der Waals surface area contributed by atoms with Crippen molar-refractivity contribution in [3.05, 3.63) is 29.3 Å². The smallest absolute Gasteiger partial charge is 0.263 e. The number of rotatable bonds is 4. The van der Waals surface area contributed by atoms with Gasteiger partial charge in [-0.25, -0.2) is 0 Å². The van der Waals surface area contributed by atoms with Crippen molar-refractivity contribution in [3.63, 3.8) is 0 Å². The first kappa shape index (κ1) is 14.8. The summed E-state index contributed by atoms with van der Waals surface area (Å²) in [6.07, 6.45) is -0.926. The number of hydrogen-bond donors (Lipinski definition) is 2. The van der Waals surface area contributed by atoms with Gasteiger partial charge in [0, 0.05) is 10.6 Å². The van der Waals surface area contributed by atoms with Crippen molar-refractivity contribution < 1.29 is 14.6 Å². The first-order valence-corrected chi connectivity index (χ1v) is 6.05. The molecule has 1 aromatic rings. The molecule has 5 heteroatoms. The third-order valence-corrected chi connectivity index (χ3v) is 2.30. The second-order valence-electron chi connectivity index (χ2n) is 4.98. The van der Waals surface area contributed by atoms with E-state index in [1.165, 1.54) is 0 Å². The van der Waals surface area contributed by atoms with E-state index >= 15 is 0 Å². The van der Waals surface area contributed by atoms with Crippen LogP contribution in [-0.4, -0.2) is 29.3 Å². The fourth-order valence-electron chi connectivity index (χ4n) is 1.30. The maximum atomic E-state index is 11.8. The van der Waals surface area contributed by atoms with E-state index in [0.29, 0.717) is 10.8 Å². The van der Waals surface area contributed by atoms with Gasteiger partial charge in [-0.05, 0) is 45.0 Å². The molecule has 1 rings (SSSR count).